The molecule has 1 aliphatic carbocycles. The summed E-state index contributed by atoms with van der Waals surface area (Å²) in [5, 5.41) is 0. The van der Waals surface area contributed by atoms with Gasteiger partial charge < -0.3 is 15.4 Å². The minimum atomic E-state index is -0.566. The number of likely N-dealkylation sites (tertiary alicyclic amines) is 1. The molecule has 1 amide bonds. The second-order valence-corrected chi connectivity index (χ2v) is 8.35. The van der Waals surface area contributed by atoms with E-state index in [0.29, 0.717) is 13.0 Å². The van der Waals surface area contributed by atoms with Crippen molar-refractivity contribution in [3.63, 3.8) is 0 Å². The highest BCUT2D eigenvalue weighted by molar-refractivity contribution is 5.88. The summed E-state index contributed by atoms with van der Waals surface area (Å²) in [6.45, 7) is 9.05. The van der Waals surface area contributed by atoms with Crippen LogP contribution in [-0.4, -0.2) is 42.5 Å². The Balaban J connectivity index is 2.33. The van der Waals surface area contributed by atoms with Crippen molar-refractivity contribution >= 4 is 11.9 Å². The van der Waals surface area contributed by atoms with Gasteiger partial charge in [0.25, 0.3) is 0 Å². The van der Waals surface area contributed by atoms with Crippen molar-refractivity contribution in [2.75, 3.05) is 13.7 Å². The van der Waals surface area contributed by atoms with Crippen molar-refractivity contribution in [2.45, 2.75) is 71.9 Å². The van der Waals surface area contributed by atoms with Gasteiger partial charge in [-0.25, -0.2) is 4.79 Å². The van der Waals surface area contributed by atoms with E-state index in [2.05, 4.69) is 13.8 Å². The maximum atomic E-state index is 12.8. The van der Waals surface area contributed by atoms with E-state index in [1.807, 2.05) is 13.8 Å². The van der Waals surface area contributed by atoms with Gasteiger partial charge >= 0.3 is 5.97 Å². The van der Waals surface area contributed by atoms with E-state index in [1.54, 1.807) is 4.90 Å². The Kier molecular flexibility index (Phi) is 5.09. The van der Waals surface area contributed by atoms with Crippen LogP contribution in [0.1, 0.15) is 59.8 Å². The van der Waals surface area contributed by atoms with Gasteiger partial charge in [-0.3, -0.25) is 4.79 Å². The molecule has 5 nitrogen and oxygen atoms in total. The van der Waals surface area contributed by atoms with E-state index in [-0.39, 0.29) is 28.6 Å². The summed E-state index contributed by atoms with van der Waals surface area (Å²) in [5.74, 6) is -0.377. The highest BCUT2D eigenvalue weighted by atomic mass is 16.5. The Hall–Kier alpha value is -1.10. The van der Waals surface area contributed by atoms with E-state index in [0.717, 1.165) is 19.3 Å². The fourth-order valence-electron chi connectivity index (χ4n) is 4.34. The fraction of sp³-hybridized carbons (Fsp3) is 0.889. The SMILES string of the molecule is COC(=O)C1CC2(CCCCC2(C)C)CN1C(=O)C(N)C(C)C. The molecule has 1 spiro atoms. The van der Waals surface area contributed by atoms with Crippen LogP contribution in [-0.2, 0) is 14.3 Å². The number of nitrogens with zero attached hydrogens (tertiary/aromatic N) is 1. The zero-order chi connectivity index (χ0) is 17.4. The van der Waals surface area contributed by atoms with Crippen LogP contribution in [0.15, 0.2) is 0 Å². The molecule has 3 atom stereocenters. The fourth-order valence-corrected chi connectivity index (χ4v) is 4.34. The van der Waals surface area contributed by atoms with Crippen LogP contribution in [0.2, 0.25) is 0 Å². The second-order valence-electron chi connectivity index (χ2n) is 8.35. The minimum absolute atomic E-state index is 0.00351. The number of hydrogen-bond donors (Lipinski definition) is 1. The van der Waals surface area contributed by atoms with Crippen LogP contribution in [0.4, 0.5) is 0 Å². The molecular formula is C18H32N2O3. The molecule has 23 heavy (non-hydrogen) atoms. The molecule has 3 unspecified atom stereocenters. The van der Waals surface area contributed by atoms with Crippen LogP contribution in [0.3, 0.4) is 0 Å². The third-order valence-corrected chi connectivity index (χ3v) is 6.34. The highest BCUT2D eigenvalue weighted by Gasteiger charge is 2.56. The first-order valence-corrected chi connectivity index (χ1v) is 8.79. The number of carbonyl (C=O) groups excluding carboxylic acids is 2. The number of esters is 1. The number of ether oxygens (including phenoxy) is 1. The minimum Gasteiger partial charge on any atom is -0.467 e. The van der Waals surface area contributed by atoms with E-state index in [9.17, 15) is 9.59 Å². The molecule has 0 aromatic rings. The molecule has 1 saturated heterocycles. The molecule has 132 valence electrons. The Labute approximate surface area is 139 Å². The monoisotopic (exact) mass is 324 g/mol. The molecule has 0 aromatic carbocycles. The maximum absolute atomic E-state index is 12.8. The molecule has 2 aliphatic rings. The normalized spacial score (nSPS) is 31.4. The lowest BCUT2D eigenvalue weighted by molar-refractivity contribution is -0.151. The summed E-state index contributed by atoms with van der Waals surface area (Å²) in [6.07, 6.45) is 5.28. The molecule has 0 aromatic heterocycles. The molecule has 0 radical (unpaired) electrons. The first kappa shape index (κ1) is 18.2. The van der Waals surface area contributed by atoms with E-state index >= 15 is 0 Å². The lowest BCUT2D eigenvalue weighted by Crippen LogP contribution is -2.51. The van der Waals surface area contributed by atoms with Gasteiger partial charge in [0.15, 0.2) is 0 Å². The van der Waals surface area contributed by atoms with Gasteiger partial charge in [-0.05, 0) is 36.0 Å². The van der Waals surface area contributed by atoms with Gasteiger partial charge in [-0.15, -0.1) is 0 Å². The molecule has 1 heterocycles. The highest BCUT2D eigenvalue weighted by Crippen LogP contribution is 2.57. The van der Waals surface area contributed by atoms with E-state index in [4.69, 9.17) is 10.5 Å². The molecule has 2 fully saturated rings. The largest absolute Gasteiger partial charge is 0.467 e. The van der Waals surface area contributed by atoms with Gasteiger partial charge in [-0.2, -0.15) is 0 Å². The summed E-state index contributed by atoms with van der Waals surface area (Å²) in [7, 11) is 1.39. The van der Waals surface area contributed by atoms with Crippen LogP contribution in [0, 0.1) is 16.7 Å². The average Bonchev–Trinajstić information content (AvgIpc) is 2.89. The Morgan fingerprint density at radius 3 is 2.35 bits per heavy atom. The predicted octanol–water partition coefficient (Wildman–Crippen LogP) is 2.33. The lowest BCUT2D eigenvalue weighted by atomic mass is 9.57. The zero-order valence-corrected chi connectivity index (χ0v) is 15.2. The first-order chi connectivity index (χ1) is 10.6. The second kappa shape index (κ2) is 6.42. The summed E-state index contributed by atoms with van der Waals surface area (Å²) >= 11 is 0. The average molecular weight is 324 g/mol. The Bertz CT molecular complexity index is 475. The maximum Gasteiger partial charge on any atom is 0.328 e. The molecule has 0 bridgehead atoms. The van der Waals surface area contributed by atoms with Crippen LogP contribution < -0.4 is 5.73 Å². The molecule has 1 aliphatic heterocycles. The summed E-state index contributed by atoms with van der Waals surface area (Å²) in [4.78, 5) is 26.9. The predicted molar refractivity (Wildman–Crippen MR) is 89.6 cm³/mol. The van der Waals surface area contributed by atoms with E-state index in [1.165, 1.54) is 13.5 Å². The number of rotatable bonds is 3. The number of nitrogens with two attached hydrogens (primary N) is 1. The van der Waals surface area contributed by atoms with Crippen molar-refractivity contribution in [1.29, 1.82) is 0 Å². The molecule has 1 saturated carbocycles. The van der Waals surface area contributed by atoms with Crippen molar-refractivity contribution < 1.29 is 14.3 Å². The molecule has 2 rings (SSSR count). The smallest absolute Gasteiger partial charge is 0.328 e. The number of amides is 1. The quantitative estimate of drug-likeness (QED) is 0.809. The standard InChI is InChI=1S/C18H32N2O3/c1-12(2)14(19)15(21)20-11-18(10-13(20)16(22)23-5)9-7-6-8-17(18,3)4/h12-14H,6-11,19H2,1-5H3. The third-order valence-electron chi connectivity index (χ3n) is 6.34. The van der Waals surface area contributed by atoms with Gasteiger partial charge in [0.05, 0.1) is 13.2 Å². The van der Waals surface area contributed by atoms with E-state index < -0.39 is 12.1 Å². The summed E-state index contributed by atoms with van der Waals surface area (Å²) in [6, 6.07) is -1.06. The third kappa shape index (κ3) is 3.12. The zero-order valence-electron chi connectivity index (χ0n) is 15.2. The van der Waals surface area contributed by atoms with Crippen molar-refractivity contribution in [3.8, 4) is 0 Å². The lowest BCUT2D eigenvalue weighted by Gasteiger charge is -2.48. The van der Waals surface area contributed by atoms with Gasteiger partial charge in [0.2, 0.25) is 5.91 Å². The topological polar surface area (TPSA) is 72.6 Å². The number of methoxy groups -OCH3 is 1. The summed E-state index contributed by atoms with van der Waals surface area (Å²) in [5.41, 5.74) is 6.20. The summed E-state index contributed by atoms with van der Waals surface area (Å²) < 4.78 is 4.98. The van der Waals surface area contributed by atoms with Gasteiger partial charge in [0, 0.05) is 6.54 Å². The Morgan fingerprint density at radius 2 is 1.83 bits per heavy atom. The molecular weight excluding hydrogens is 292 g/mol. The van der Waals surface area contributed by atoms with Crippen molar-refractivity contribution in [1.82, 2.24) is 4.90 Å². The molecule has 2 N–H and O–H groups in total. The van der Waals surface area contributed by atoms with Crippen LogP contribution in [0.25, 0.3) is 0 Å². The number of carbonyl (C=O) groups is 2. The van der Waals surface area contributed by atoms with Crippen molar-refractivity contribution in [2.24, 2.45) is 22.5 Å². The van der Waals surface area contributed by atoms with Crippen LogP contribution >= 0.6 is 0 Å². The van der Waals surface area contributed by atoms with Crippen LogP contribution in [0.5, 0.6) is 0 Å². The van der Waals surface area contributed by atoms with Gasteiger partial charge in [-0.1, -0.05) is 40.5 Å². The van der Waals surface area contributed by atoms with Crippen molar-refractivity contribution in [3.05, 3.63) is 0 Å². The van der Waals surface area contributed by atoms with Gasteiger partial charge in [0.1, 0.15) is 6.04 Å². The first-order valence-electron chi connectivity index (χ1n) is 8.79. The Morgan fingerprint density at radius 1 is 1.22 bits per heavy atom. The number of hydrogen-bond acceptors (Lipinski definition) is 4. The molecule has 5 heteroatoms.